The van der Waals surface area contributed by atoms with Crippen LogP contribution in [0.5, 0.6) is 0 Å². The summed E-state index contributed by atoms with van der Waals surface area (Å²) in [5.41, 5.74) is 3.24. The van der Waals surface area contributed by atoms with Crippen molar-refractivity contribution in [3.05, 3.63) is 47.7 Å². The van der Waals surface area contributed by atoms with Gasteiger partial charge >= 0.3 is 0 Å². The molecule has 0 saturated carbocycles. The molecule has 3 aromatic rings. The monoisotopic (exact) mass is 295 g/mol. The molecule has 0 radical (unpaired) electrons. The molecule has 0 atom stereocenters. The van der Waals surface area contributed by atoms with Gasteiger partial charge in [-0.3, -0.25) is 0 Å². The van der Waals surface area contributed by atoms with Crippen molar-refractivity contribution in [1.29, 1.82) is 0 Å². The molecular weight excluding hydrogens is 274 g/mol. The summed E-state index contributed by atoms with van der Waals surface area (Å²) in [6.07, 6.45) is 1.96. The highest BCUT2D eigenvalue weighted by Crippen LogP contribution is 2.15. The van der Waals surface area contributed by atoms with Crippen LogP contribution in [0.4, 0.5) is 5.82 Å². The summed E-state index contributed by atoms with van der Waals surface area (Å²) in [6.45, 7) is 4.77. The van der Waals surface area contributed by atoms with Crippen molar-refractivity contribution in [2.24, 2.45) is 7.05 Å². The van der Waals surface area contributed by atoms with Crippen LogP contribution < -0.4 is 5.32 Å². The first-order valence-corrected chi connectivity index (χ1v) is 7.60. The number of aromatic nitrogens is 4. The van der Waals surface area contributed by atoms with Gasteiger partial charge in [0.25, 0.3) is 0 Å². The standard InChI is InChI=1S/C17H21N5/c1-12-11-16(20-13(2)19-12)18-10-6-9-17-21-14-7-4-5-8-15(14)22(17)3/h4-5,7-8,11H,6,9-10H2,1-3H3,(H,18,19,20). The number of aryl methyl sites for hydroxylation is 4. The third-order valence-electron chi connectivity index (χ3n) is 3.73. The molecule has 0 fully saturated rings. The Labute approximate surface area is 130 Å². The van der Waals surface area contributed by atoms with E-state index in [0.29, 0.717) is 0 Å². The van der Waals surface area contributed by atoms with Gasteiger partial charge in [-0.05, 0) is 32.4 Å². The van der Waals surface area contributed by atoms with Gasteiger partial charge in [0.15, 0.2) is 0 Å². The Morgan fingerprint density at radius 2 is 1.91 bits per heavy atom. The van der Waals surface area contributed by atoms with Gasteiger partial charge in [0.1, 0.15) is 17.5 Å². The van der Waals surface area contributed by atoms with E-state index >= 15 is 0 Å². The fraction of sp³-hybridized carbons (Fsp3) is 0.353. The number of hydrogen-bond acceptors (Lipinski definition) is 4. The molecule has 5 nitrogen and oxygen atoms in total. The van der Waals surface area contributed by atoms with Crippen LogP contribution >= 0.6 is 0 Å². The van der Waals surface area contributed by atoms with Crippen LogP contribution in [0.3, 0.4) is 0 Å². The Morgan fingerprint density at radius 1 is 1.09 bits per heavy atom. The van der Waals surface area contributed by atoms with Crippen LogP contribution in [0.1, 0.15) is 23.8 Å². The summed E-state index contributed by atoms with van der Waals surface area (Å²) >= 11 is 0. The number of nitrogens with one attached hydrogen (secondary N) is 1. The second-order valence-electron chi connectivity index (χ2n) is 5.55. The van der Waals surface area contributed by atoms with Crippen LogP contribution in [0.15, 0.2) is 30.3 Å². The molecule has 5 heteroatoms. The van der Waals surface area contributed by atoms with E-state index < -0.39 is 0 Å². The molecule has 0 spiro atoms. The highest BCUT2D eigenvalue weighted by atomic mass is 15.1. The third kappa shape index (κ3) is 3.08. The average Bonchev–Trinajstić information content (AvgIpc) is 2.80. The molecule has 2 aromatic heterocycles. The van der Waals surface area contributed by atoms with Crippen molar-refractivity contribution in [2.75, 3.05) is 11.9 Å². The van der Waals surface area contributed by atoms with Gasteiger partial charge < -0.3 is 9.88 Å². The molecule has 1 aromatic carbocycles. The Kier molecular flexibility index (Phi) is 4.04. The first-order valence-electron chi connectivity index (χ1n) is 7.60. The zero-order chi connectivity index (χ0) is 15.5. The van der Waals surface area contributed by atoms with Crippen LogP contribution in [0.2, 0.25) is 0 Å². The second kappa shape index (κ2) is 6.13. The summed E-state index contributed by atoms with van der Waals surface area (Å²) < 4.78 is 2.17. The molecule has 1 N–H and O–H groups in total. The maximum absolute atomic E-state index is 4.69. The maximum Gasteiger partial charge on any atom is 0.129 e. The highest BCUT2D eigenvalue weighted by molar-refractivity contribution is 5.75. The van der Waals surface area contributed by atoms with Gasteiger partial charge in [0.2, 0.25) is 0 Å². The number of nitrogens with zero attached hydrogens (tertiary/aromatic N) is 4. The molecule has 0 aliphatic carbocycles. The Hall–Kier alpha value is -2.43. The molecule has 0 bridgehead atoms. The Balaban J connectivity index is 1.59. The fourth-order valence-electron chi connectivity index (χ4n) is 2.69. The number of anilines is 1. The van der Waals surface area contributed by atoms with Crippen molar-refractivity contribution in [3.8, 4) is 0 Å². The summed E-state index contributed by atoms with van der Waals surface area (Å²) in [6, 6.07) is 10.2. The van der Waals surface area contributed by atoms with Gasteiger partial charge in [-0.25, -0.2) is 15.0 Å². The van der Waals surface area contributed by atoms with Crippen LogP contribution in [0, 0.1) is 13.8 Å². The lowest BCUT2D eigenvalue weighted by molar-refractivity contribution is 0.751. The predicted octanol–water partition coefficient (Wildman–Crippen LogP) is 3.02. The minimum absolute atomic E-state index is 0.804. The van der Waals surface area contributed by atoms with E-state index in [2.05, 4.69) is 45.1 Å². The quantitative estimate of drug-likeness (QED) is 0.735. The van der Waals surface area contributed by atoms with Gasteiger partial charge in [-0.1, -0.05) is 12.1 Å². The predicted molar refractivity (Wildman–Crippen MR) is 89.0 cm³/mol. The largest absolute Gasteiger partial charge is 0.370 e. The van der Waals surface area contributed by atoms with Gasteiger partial charge in [0.05, 0.1) is 11.0 Å². The van der Waals surface area contributed by atoms with E-state index in [0.717, 1.165) is 48.1 Å². The molecule has 114 valence electrons. The van der Waals surface area contributed by atoms with E-state index in [4.69, 9.17) is 4.98 Å². The number of rotatable bonds is 5. The summed E-state index contributed by atoms with van der Waals surface area (Å²) in [4.78, 5) is 13.4. The van der Waals surface area contributed by atoms with E-state index in [1.807, 2.05) is 26.0 Å². The summed E-state index contributed by atoms with van der Waals surface area (Å²) in [5.74, 6) is 2.82. The summed E-state index contributed by atoms with van der Waals surface area (Å²) in [5, 5.41) is 3.36. The van der Waals surface area contributed by atoms with Crippen LogP contribution in [0.25, 0.3) is 11.0 Å². The zero-order valence-corrected chi connectivity index (χ0v) is 13.3. The number of imidazole rings is 1. The lowest BCUT2D eigenvalue weighted by atomic mass is 10.3. The van der Waals surface area contributed by atoms with Crippen LogP contribution in [-0.4, -0.2) is 26.1 Å². The topological polar surface area (TPSA) is 55.6 Å². The van der Waals surface area contributed by atoms with Crippen molar-refractivity contribution < 1.29 is 0 Å². The first kappa shape index (κ1) is 14.5. The maximum atomic E-state index is 4.69. The smallest absolute Gasteiger partial charge is 0.129 e. The molecule has 0 aliphatic heterocycles. The molecule has 2 heterocycles. The normalized spacial score (nSPS) is 11.0. The minimum Gasteiger partial charge on any atom is -0.370 e. The molecule has 0 aliphatic rings. The molecule has 0 unspecified atom stereocenters. The van der Waals surface area contributed by atoms with Gasteiger partial charge in [-0.15, -0.1) is 0 Å². The summed E-state index contributed by atoms with van der Waals surface area (Å²) in [7, 11) is 2.08. The van der Waals surface area contributed by atoms with Crippen molar-refractivity contribution in [3.63, 3.8) is 0 Å². The molecule has 0 saturated heterocycles. The molecular formula is C17H21N5. The van der Waals surface area contributed by atoms with Crippen molar-refractivity contribution in [2.45, 2.75) is 26.7 Å². The zero-order valence-electron chi connectivity index (χ0n) is 13.3. The van der Waals surface area contributed by atoms with Crippen molar-refractivity contribution >= 4 is 16.9 Å². The lowest BCUT2D eigenvalue weighted by Gasteiger charge is -2.07. The Bertz CT molecular complexity index is 771. The van der Waals surface area contributed by atoms with Gasteiger partial charge in [-0.2, -0.15) is 0 Å². The Morgan fingerprint density at radius 3 is 2.68 bits per heavy atom. The van der Waals surface area contributed by atoms with E-state index in [-0.39, 0.29) is 0 Å². The average molecular weight is 295 g/mol. The molecule has 0 amide bonds. The fourth-order valence-corrected chi connectivity index (χ4v) is 2.69. The van der Waals surface area contributed by atoms with E-state index in [1.54, 1.807) is 0 Å². The SMILES string of the molecule is Cc1cc(NCCCc2nc3ccccc3n2C)nc(C)n1. The molecule has 22 heavy (non-hydrogen) atoms. The number of benzene rings is 1. The lowest BCUT2D eigenvalue weighted by Crippen LogP contribution is -2.08. The third-order valence-corrected chi connectivity index (χ3v) is 3.73. The number of fused-ring (bicyclic) bond motifs is 1. The highest BCUT2D eigenvalue weighted by Gasteiger charge is 2.06. The van der Waals surface area contributed by atoms with Crippen LogP contribution in [-0.2, 0) is 13.5 Å². The van der Waals surface area contributed by atoms with E-state index in [9.17, 15) is 0 Å². The first-order chi connectivity index (χ1) is 10.6. The second-order valence-corrected chi connectivity index (χ2v) is 5.55. The number of para-hydroxylation sites is 2. The van der Waals surface area contributed by atoms with E-state index in [1.165, 1.54) is 5.52 Å². The molecule has 3 rings (SSSR count). The number of hydrogen-bond donors (Lipinski definition) is 1. The van der Waals surface area contributed by atoms with Crippen molar-refractivity contribution in [1.82, 2.24) is 19.5 Å². The van der Waals surface area contributed by atoms with Gasteiger partial charge in [0, 0.05) is 31.8 Å². The minimum atomic E-state index is 0.804.